The summed E-state index contributed by atoms with van der Waals surface area (Å²) >= 11 is 1.69. The van der Waals surface area contributed by atoms with Crippen LogP contribution in [0.5, 0.6) is 0 Å². The van der Waals surface area contributed by atoms with Crippen molar-refractivity contribution in [2.45, 2.75) is 45.2 Å². The second-order valence-corrected chi connectivity index (χ2v) is 8.52. The predicted molar refractivity (Wildman–Crippen MR) is 102 cm³/mol. The van der Waals surface area contributed by atoms with E-state index >= 15 is 0 Å². The Bertz CT molecular complexity index is 865. The smallest absolute Gasteiger partial charge is 0.394 e. The number of carbonyl (C=O) groups is 2. The summed E-state index contributed by atoms with van der Waals surface area (Å²) < 4.78 is 1.13. The molecule has 2 aliphatic heterocycles. The molecule has 0 saturated carbocycles. The maximum absolute atomic E-state index is 12.2. The number of aromatic nitrogens is 1. The van der Waals surface area contributed by atoms with Gasteiger partial charge in [0, 0.05) is 19.1 Å². The number of aliphatic carboxylic acids is 1. The Morgan fingerprint density at radius 3 is 2.69 bits per heavy atom. The van der Waals surface area contributed by atoms with Gasteiger partial charge in [-0.2, -0.15) is 0 Å². The van der Waals surface area contributed by atoms with Crippen LogP contribution in [0.3, 0.4) is 0 Å². The van der Waals surface area contributed by atoms with E-state index in [0.29, 0.717) is 18.5 Å². The fourth-order valence-corrected chi connectivity index (χ4v) is 4.98. The molecule has 3 atom stereocenters. The molecule has 7 heteroatoms. The van der Waals surface area contributed by atoms with Crippen molar-refractivity contribution >= 4 is 38.6 Å². The average molecular weight is 373 g/mol. The molecule has 1 aromatic heterocycles. The first-order valence-electron chi connectivity index (χ1n) is 9.15. The highest BCUT2D eigenvalue weighted by Crippen LogP contribution is 2.38. The quantitative estimate of drug-likeness (QED) is 0.818. The van der Waals surface area contributed by atoms with Gasteiger partial charge in [0.2, 0.25) is 0 Å². The third kappa shape index (κ3) is 2.94. The third-order valence-corrected chi connectivity index (χ3v) is 6.69. The van der Waals surface area contributed by atoms with E-state index in [1.807, 2.05) is 12.1 Å². The molecular weight excluding hydrogens is 350 g/mol. The minimum Gasteiger partial charge on any atom is -0.474 e. The zero-order valence-electron chi connectivity index (χ0n) is 15.0. The van der Waals surface area contributed by atoms with Crippen molar-refractivity contribution in [3.05, 3.63) is 23.8 Å². The summed E-state index contributed by atoms with van der Waals surface area (Å²) in [6.07, 6.45) is 2.97. The van der Waals surface area contributed by atoms with Crippen molar-refractivity contribution in [2.75, 3.05) is 18.0 Å². The Hall–Kier alpha value is -2.15. The van der Waals surface area contributed by atoms with Crippen LogP contribution in [-0.4, -0.2) is 46.0 Å². The summed E-state index contributed by atoms with van der Waals surface area (Å²) in [6.45, 7) is 5.80. The largest absolute Gasteiger partial charge is 0.474 e. The van der Waals surface area contributed by atoms with E-state index in [4.69, 9.17) is 4.98 Å². The summed E-state index contributed by atoms with van der Waals surface area (Å²) in [5, 5.41) is 10.2. The molecule has 1 aromatic carbocycles. The first-order valence-corrected chi connectivity index (χ1v) is 9.96. The Morgan fingerprint density at radius 2 is 2.04 bits per heavy atom. The van der Waals surface area contributed by atoms with Gasteiger partial charge < -0.3 is 14.9 Å². The highest BCUT2D eigenvalue weighted by Gasteiger charge is 2.34. The van der Waals surface area contributed by atoms with E-state index in [2.05, 4.69) is 24.8 Å². The number of nitrogens with zero attached hydrogens (tertiary/aromatic N) is 3. The van der Waals surface area contributed by atoms with E-state index < -0.39 is 11.9 Å². The van der Waals surface area contributed by atoms with E-state index in [1.165, 1.54) is 11.3 Å². The zero-order valence-corrected chi connectivity index (χ0v) is 15.8. The van der Waals surface area contributed by atoms with E-state index in [1.54, 1.807) is 11.3 Å². The van der Waals surface area contributed by atoms with Crippen LogP contribution < -0.4 is 4.90 Å². The number of amides is 1. The standard InChI is InChI=1S/C19H23N3O3S/c1-11-3-5-15(22(10-11)17(23)18(24)25)13-4-6-16-14(9-13)20-19(26-16)21-8-7-12(21)2/h4,6,9,11-12,15H,3,5,7-8,10H2,1-2H3,(H,24,25)/t11?,12-,15?/m1/s1. The van der Waals surface area contributed by atoms with Gasteiger partial charge in [-0.3, -0.25) is 4.79 Å². The van der Waals surface area contributed by atoms with Gasteiger partial charge in [0.25, 0.3) is 0 Å². The number of piperidine rings is 1. The molecule has 26 heavy (non-hydrogen) atoms. The maximum atomic E-state index is 12.2. The summed E-state index contributed by atoms with van der Waals surface area (Å²) in [4.78, 5) is 32.0. The van der Waals surface area contributed by atoms with Crippen LogP contribution >= 0.6 is 11.3 Å². The molecule has 2 unspecified atom stereocenters. The first kappa shape index (κ1) is 17.3. The molecule has 2 aliphatic rings. The molecule has 1 N–H and O–H groups in total. The van der Waals surface area contributed by atoms with Crippen LogP contribution in [0.2, 0.25) is 0 Å². The lowest BCUT2D eigenvalue weighted by atomic mass is 9.89. The maximum Gasteiger partial charge on any atom is 0.394 e. The summed E-state index contributed by atoms with van der Waals surface area (Å²) in [5.41, 5.74) is 1.91. The van der Waals surface area contributed by atoms with Crippen LogP contribution in [0.25, 0.3) is 10.2 Å². The molecule has 6 nitrogen and oxygen atoms in total. The number of carbonyl (C=O) groups excluding carboxylic acids is 1. The van der Waals surface area contributed by atoms with Gasteiger partial charge in [0.05, 0.1) is 16.3 Å². The molecule has 0 spiro atoms. The van der Waals surface area contributed by atoms with Gasteiger partial charge in [-0.1, -0.05) is 24.3 Å². The molecule has 3 heterocycles. The van der Waals surface area contributed by atoms with E-state index in [9.17, 15) is 14.7 Å². The number of rotatable bonds is 2. The van der Waals surface area contributed by atoms with Gasteiger partial charge in [-0.15, -0.1) is 0 Å². The average Bonchev–Trinajstić information content (AvgIpc) is 3.01. The number of benzene rings is 1. The van der Waals surface area contributed by atoms with Crippen LogP contribution in [0.4, 0.5) is 5.13 Å². The second kappa shape index (κ2) is 6.54. The van der Waals surface area contributed by atoms with Crippen LogP contribution in [0.15, 0.2) is 18.2 Å². The summed E-state index contributed by atoms with van der Waals surface area (Å²) in [7, 11) is 0. The number of hydrogen-bond donors (Lipinski definition) is 1. The normalized spacial score (nSPS) is 26.0. The van der Waals surface area contributed by atoms with Crippen molar-refractivity contribution in [1.29, 1.82) is 0 Å². The Kier molecular flexibility index (Phi) is 4.34. The SMILES string of the molecule is CC1CCC(c2ccc3sc(N4CC[C@H]4C)nc3c2)N(C(=O)C(=O)O)C1. The highest BCUT2D eigenvalue weighted by molar-refractivity contribution is 7.22. The topological polar surface area (TPSA) is 73.7 Å². The van der Waals surface area contributed by atoms with Gasteiger partial charge in [-0.05, 0) is 49.8 Å². The molecule has 138 valence electrons. The van der Waals surface area contributed by atoms with E-state index in [-0.39, 0.29) is 6.04 Å². The molecule has 1 amide bonds. The molecule has 0 bridgehead atoms. The number of likely N-dealkylation sites (tertiary alicyclic amines) is 1. The minimum atomic E-state index is -1.38. The summed E-state index contributed by atoms with van der Waals surface area (Å²) in [5.74, 6) is -1.88. The lowest BCUT2D eigenvalue weighted by Gasteiger charge is -2.38. The third-order valence-electron chi connectivity index (χ3n) is 5.61. The number of carboxylic acids is 1. The minimum absolute atomic E-state index is 0.188. The fourth-order valence-electron chi connectivity index (χ4n) is 3.91. The lowest BCUT2D eigenvalue weighted by molar-refractivity contribution is -0.158. The van der Waals surface area contributed by atoms with Crippen LogP contribution in [0.1, 0.15) is 44.7 Å². The zero-order chi connectivity index (χ0) is 18.4. The first-order chi connectivity index (χ1) is 12.4. The Morgan fingerprint density at radius 1 is 1.23 bits per heavy atom. The fraction of sp³-hybridized carbons (Fsp3) is 0.526. The molecule has 0 aliphatic carbocycles. The number of carboxylic acid groups (broad SMARTS) is 1. The van der Waals surface area contributed by atoms with Crippen molar-refractivity contribution in [3.8, 4) is 0 Å². The van der Waals surface area contributed by atoms with Crippen molar-refractivity contribution in [3.63, 3.8) is 0 Å². The predicted octanol–water partition coefficient (Wildman–Crippen LogP) is 3.28. The summed E-state index contributed by atoms with van der Waals surface area (Å²) in [6, 6.07) is 6.46. The van der Waals surface area contributed by atoms with Crippen LogP contribution in [0, 0.1) is 5.92 Å². The number of fused-ring (bicyclic) bond motifs is 1. The molecule has 2 saturated heterocycles. The number of thiazole rings is 1. The van der Waals surface area contributed by atoms with Gasteiger partial charge in [-0.25, -0.2) is 9.78 Å². The van der Waals surface area contributed by atoms with Crippen molar-refractivity contribution in [1.82, 2.24) is 9.88 Å². The van der Waals surface area contributed by atoms with Crippen LogP contribution in [-0.2, 0) is 9.59 Å². The molecule has 4 rings (SSSR count). The van der Waals surface area contributed by atoms with Crippen molar-refractivity contribution < 1.29 is 14.7 Å². The van der Waals surface area contributed by atoms with E-state index in [0.717, 1.165) is 40.3 Å². The highest BCUT2D eigenvalue weighted by atomic mass is 32.1. The second-order valence-electron chi connectivity index (χ2n) is 7.52. The van der Waals surface area contributed by atoms with Gasteiger partial charge >= 0.3 is 11.9 Å². The van der Waals surface area contributed by atoms with Crippen molar-refractivity contribution in [2.24, 2.45) is 5.92 Å². The molecule has 2 aromatic rings. The Balaban J connectivity index is 1.65. The Labute approximate surface area is 156 Å². The molecule has 2 fully saturated rings. The number of hydrogen-bond acceptors (Lipinski definition) is 5. The monoisotopic (exact) mass is 373 g/mol. The number of anilines is 1. The lowest BCUT2D eigenvalue weighted by Crippen LogP contribution is -2.45. The van der Waals surface area contributed by atoms with Gasteiger partial charge in [0.15, 0.2) is 5.13 Å². The molecule has 0 radical (unpaired) electrons. The molecular formula is C19H23N3O3S. The van der Waals surface area contributed by atoms with Gasteiger partial charge in [0.1, 0.15) is 0 Å².